The molecule has 1 aromatic heterocycles. The molecule has 0 aliphatic rings. The summed E-state index contributed by atoms with van der Waals surface area (Å²) < 4.78 is 1.81. The lowest BCUT2D eigenvalue weighted by Crippen LogP contribution is -2.48. The maximum absolute atomic E-state index is 12.2. The number of nitrogens with one attached hydrogen (secondary N) is 1. The summed E-state index contributed by atoms with van der Waals surface area (Å²) in [6.07, 6.45) is 1.47. The number of nitrogens with two attached hydrogens (primary N) is 1. The first kappa shape index (κ1) is 17.8. The number of halogens is 2. The molecule has 1 unspecified atom stereocenters. The van der Waals surface area contributed by atoms with E-state index in [2.05, 4.69) is 10.3 Å². The number of anilines is 1. The summed E-state index contributed by atoms with van der Waals surface area (Å²) in [4.78, 5) is 16.6. The third-order valence-electron chi connectivity index (χ3n) is 3.36. The van der Waals surface area contributed by atoms with Gasteiger partial charge >= 0.3 is 0 Å². The van der Waals surface area contributed by atoms with Crippen LogP contribution in [0, 0.1) is 0 Å². The summed E-state index contributed by atoms with van der Waals surface area (Å²) in [5.41, 5.74) is 6.76. The Kier molecular flexibility index (Phi) is 5.61. The van der Waals surface area contributed by atoms with Gasteiger partial charge in [-0.15, -0.1) is 12.4 Å². The molecule has 5 nitrogen and oxygen atoms in total. The Labute approximate surface area is 135 Å². The molecule has 1 amide bonds. The van der Waals surface area contributed by atoms with E-state index in [0.717, 1.165) is 17.5 Å². The summed E-state index contributed by atoms with van der Waals surface area (Å²) in [6, 6.07) is 5.43. The van der Waals surface area contributed by atoms with Gasteiger partial charge < -0.3 is 10.3 Å². The summed E-state index contributed by atoms with van der Waals surface area (Å²) in [6.45, 7) is 3.72. The van der Waals surface area contributed by atoms with Crippen LogP contribution in [-0.2, 0) is 11.8 Å². The first-order valence-corrected chi connectivity index (χ1v) is 6.95. The molecule has 0 bridgehead atoms. The van der Waals surface area contributed by atoms with Gasteiger partial charge in [-0.1, -0.05) is 24.9 Å². The molecular weight excluding hydrogens is 311 g/mol. The van der Waals surface area contributed by atoms with E-state index >= 15 is 0 Å². The van der Waals surface area contributed by atoms with E-state index in [4.69, 9.17) is 17.3 Å². The molecule has 7 heteroatoms. The number of fused-ring (bicyclic) bond motifs is 1. The van der Waals surface area contributed by atoms with Gasteiger partial charge in [0, 0.05) is 12.1 Å². The molecule has 1 heterocycles. The molecule has 0 spiro atoms. The zero-order valence-corrected chi connectivity index (χ0v) is 13.9. The summed E-state index contributed by atoms with van der Waals surface area (Å²) in [5.74, 6) is 0.240. The first-order valence-electron chi connectivity index (χ1n) is 6.57. The van der Waals surface area contributed by atoms with Crippen molar-refractivity contribution in [1.82, 2.24) is 9.55 Å². The Morgan fingerprint density at radius 3 is 2.81 bits per heavy atom. The van der Waals surface area contributed by atoms with Crippen LogP contribution in [0.15, 0.2) is 18.2 Å². The first-order chi connectivity index (χ1) is 9.35. The zero-order chi connectivity index (χ0) is 14.9. The van der Waals surface area contributed by atoms with Crippen LogP contribution in [0.3, 0.4) is 0 Å². The maximum Gasteiger partial charge on any atom is 0.246 e. The minimum atomic E-state index is -0.898. The lowest BCUT2D eigenvalue weighted by atomic mass is 9.97. The average Bonchev–Trinajstić information content (AvgIpc) is 2.65. The molecule has 116 valence electrons. The topological polar surface area (TPSA) is 72.9 Å². The van der Waals surface area contributed by atoms with Crippen LogP contribution in [0.5, 0.6) is 0 Å². The highest BCUT2D eigenvalue weighted by Gasteiger charge is 2.28. The number of rotatable bonds is 4. The van der Waals surface area contributed by atoms with Crippen LogP contribution in [-0.4, -0.2) is 21.0 Å². The number of imidazole rings is 1. The van der Waals surface area contributed by atoms with Crippen LogP contribution in [0.4, 0.5) is 5.95 Å². The molecule has 21 heavy (non-hydrogen) atoms. The number of hydrogen-bond acceptors (Lipinski definition) is 3. The van der Waals surface area contributed by atoms with Gasteiger partial charge in [-0.2, -0.15) is 0 Å². The van der Waals surface area contributed by atoms with Crippen molar-refractivity contribution in [3.05, 3.63) is 23.2 Å². The third kappa shape index (κ3) is 3.67. The van der Waals surface area contributed by atoms with E-state index in [1.54, 1.807) is 19.1 Å². The second-order valence-corrected chi connectivity index (χ2v) is 5.69. The second kappa shape index (κ2) is 6.64. The summed E-state index contributed by atoms with van der Waals surface area (Å²) >= 11 is 5.94. The van der Waals surface area contributed by atoms with Crippen molar-refractivity contribution < 1.29 is 4.79 Å². The molecule has 0 aliphatic heterocycles. The van der Waals surface area contributed by atoms with Gasteiger partial charge in [0.1, 0.15) is 0 Å². The SMILES string of the molecule is CCCC(C)(N)C(=O)Nc1nc2cc(Cl)ccc2n1C.Cl. The Hall–Kier alpha value is -1.30. The number of aryl methyl sites for hydroxylation is 1. The lowest BCUT2D eigenvalue weighted by molar-refractivity contribution is -0.120. The standard InChI is InChI=1S/C14H19ClN4O.ClH/c1-4-7-14(2,16)12(20)18-13-17-10-8-9(15)5-6-11(10)19(13)3;/h5-6,8H,4,7,16H2,1-3H3,(H,17,18,20);1H. The smallest absolute Gasteiger partial charge is 0.246 e. The van der Waals surface area contributed by atoms with Crippen molar-refractivity contribution in [2.75, 3.05) is 5.32 Å². The number of carbonyl (C=O) groups is 1. The van der Waals surface area contributed by atoms with E-state index in [-0.39, 0.29) is 18.3 Å². The van der Waals surface area contributed by atoms with E-state index in [1.165, 1.54) is 0 Å². The van der Waals surface area contributed by atoms with Gasteiger partial charge in [-0.05, 0) is 31.5 Å². The van der Waals surface area contributed by atoms with Crippen LogP contribution < -0.4 is 11.1 Å². The monoisotopic (exact) mass is 330 g/mol. The van der Waals surface area contributed by atoms with Gasteiger partial charge in [-0.3, -0.25) is 10.1 Å². The minimum Gasteiger partial charge on any atom is -0.318 e. The fourth-order valence-electron chi connectivity index (χ4n) is 2.16. The molecule has 0 fully saturated rings. The van der Waals surface area contributed by atoms with E-state index in [0.29, 0.717) is 17.4 Å². The molecule has 2 rings (SSSR count). The van der Waals surface area contributed by atoms with Gasteiger partial charge in [0.05, 0.1) is 16.6 Å². The van der Waals surface area contributed by atoms with Crippen LogP contribution >= 0.6 is 24.0 Å². The third-order valence-corrected chi connectivity index (χ3v) is 3.59. The number of aromatic nitrogens is 2. The number of benzene rings is 1. The van der Waals surface area contributed by atoms with Crippen LogP contribution in [0.2, 0.25) is 5.02 Å². The Morgan fingerprint density at radius 2 is 2.19 bits per heavy atom. The number of hydrogen-bond donors (Lipinski definition) is 2. The van der Waals surface area contributed by atoms with Gasteiger partial charge in [0.25, 0.3) is 0 Å². The molecule has 2 aromatic rings. The lowest BCUT2D eigenvalue weighted by Gasteiger charge is -2.22. The molecule has 1 atom stereocenters. The van der Waals surface area contributed by atoms with Gasteiger partial charge in [-0.25, -0.2) is 4.98 Å². The molecule has 0 saturated carbocycles. The molecule has 0 radical (unpaired) electrons. The fourth-order valence-corrected chi connectivity index (χ4v) is 2.33. The number of amides is 1. The van der Waals surface area contributed by atoms with E-state index in [9.17, 15) is 4.79 Å². The summed E-state index contributed by atoms with van der Waals surface area (Å²) in [5, 5.41) is 3.40. The quantitative estimate of drug-likeness (QED) is 0.904. The Bertz CT molecular complexity index is 652. The molecule has 3 N–H and O–H groups in total. The zero-order valence-electron chi connectivity index (χ0n) is 12.3. The van der Waals surface area contributed by atoms with Crippen molar-refractivity contribution >= 4 is 46.9 Å². The second-order valence-electron chi connectivity index (χ2n) is 5.25. The predicted molar refractivity (Wildman–Crippen MR) is 89.1 cm³/mol. The van der Waals surface area contributed by atoms with Crippen molar-refractivity contribution in [3.8, 4) is 0 Å². The normalized spacial score (nSPS) is 13.6. The van der Waals surface area contributed by atoms with Gasteiger partial charge in [0.15, 0.2) is 0 Å². The maximum atomic E-state index is 12.2. The highest BCUT2D eigenvalue weighted by Crippen LogP contribution is 2.22. The summed E-state index contributed by atoms with van der Waals surface area (Å²) in [7, 11) is 1.84. The number of carbonyl (C=O) groups excluding carboxylic acids is 1. The average molecular weight is 331 g/mol. The highest BCUT2D eigenvalue weighted by atomic mass is 35.5. The van der Waals surface area contributed by atoms with Crippen molar-refractivity contribution in [2.24, 2.45) is 12.8 Å². The fraction of sp³-hybridized carbons (Fsp3) is 0.429. The van der Waals surface area contributed by atoms with Crippen molar-refractivity contribution in [3.63, 3.8) is 0 Å². The van der Waals surface area contributed by atoms with Crippen molar-refractivity contribution in [2.45, 2.75) is 32.2 Å². The van der Waals surface area contributed by atoms with Gasteiger partial charge in [0.2, 0.25) is 11.9 Å². The van der Waals surface area contributed by atoms with Crippen LogP contribution in [0.25, 0.3) is 11.0 Å². The predicted octanol–water partition coefficient (Wildman–Crippen LogP) is 3.10. The Balaban J connectivity index is 0.00000220. The Morgan fingerprint density at radius 1 is 1.52 bits per heavy atom. The highest BCUT2D eigenvalue weighted by molar-refractivity contribution is 6.31. The number of nitrogens with zero attached hydrogens (tertiary/aromatic N) is 2. The largest absolute Gasteiger partial charge is 0.318 e. The minimum absolute atomic E-state index is 0. The molecule has 1 aromatic carbocycles. The van der Waals surface area contributed by atoms with E-state index in [1.807, 2.05) is 24.6 Å². The van der Waals surface area contributed by atoms with Crippen LogP contribution in [0.1, 0.15) is 26.7 Å². The van der Waals surface area contributed by atoms with E-state index < -0.39 is 5.54 Å². The molecular formula is C14H20Cl2N4O. The molecule has 0 aliphatic carbocycles. The van der Waals surface area contributed by atoms with Crippen molar-refractivity contribution in [1.29, 1.82) is 0 Å². The molecule has 0 saturated heterocycles.